The van der Waals surface area contributed by atoms with Crippen LogP contribution in [0, 0.1) is 11.8 Å². The highest BCUT2D eigenvalue weighted by molar-refractivity contribution is 6.24. The summed E-state index contributed by atoms with van der Waals surface area (Å²) in [7, 11) is 1.60. The Kier molecular flexibility index (Phi) is 5.62. The van der Waals surface area contributed by atoms with Crippen LogP contribution in [-0.4, -0.2) is 42.3 Å². The first-order valence-electron chi connectivity index (χ1n) is 13.2. The molecule has 0 N–H and O–H groups in total. The second kappa shape index (κ2) is 8.75. The zero-order valence-corrected chi connectivity index (χ0v) is 21.5. The molecule has 2 aromatic carbocycles. The third kappa shape index (κ3) is 3.29. The first-order chi connectivity index (χ1) is 17.9. The van der Waals surface area contributed by atoms with E-state index in [0.717, 1.165) is 30.5 Å². The van der Waals surface area contributed by atoms with Crippen LogP contribution in [0.5, 0.6) is 5.75 Å². The van der Waals surface area contributed by atoms with Crippen molar-refractivity contribution in [2.24, 2.45) is 11.8 Å². The van der Waals surface area contributed by atoms with Crippen molar-refractivity contribution in [3.05, 3.63) is 71.0 Å². The van der Waals surface area contributed by atoms with Gasteiger partial charge in [0.1, 0.15) is 11.9 Å². The smallest absolute Gasteiger partial charge is 0.291 e. The van der Waals surface area contributed by atoms with E-state index in [9.17, 15) is 14.4 Å². The normalized spacial score (nSPS) is 28.4. The fraction of sp³-hybridized carbons (Fsp3) is 0.433. The van der Waals surface area contributed by atoms with Gasteiger partial charge in [-0.1, -0.05) is 44.2 Å². The predicted molar refractivity (Wildman–Crippen MR) is 138 cm³/mol. The van der Waals surface area contributed by atoms with E-state index in [1.165, 1.54) is 0 Å². The maximum Gasteiger partial charge on any atom is 0.291 e. The van der Waals surface area contributed by atoms with E-state index < -0.39 is 11.4 Å². The van der Waals surface area contributed by atoms with E-state index >= 15 is 0 Å². The number of benzene rings is 2. The standard InChI is InChI=1S/C30H32N2O5/c1-4-15-31-23-8-6-5-7-22(23)30(29(31)35)25-26(33)21-16-18(2)9-14-24(21)37-27(25)28(34)32(30)17-19-10-12-20(36-3)13-11-19/h5-8,10-13,18,21,24H,4,9,14-17H2,1-3H3. The van der Waals surface area contributed by atoms with E-state index in [-0.39, 0.29) is 41.6 Å². The Morgan fingerprint density at radius 1 is 1.05 bits per heavy atom. The average molecular weight is 501 g/mol. The fourth-order valence-electron chi connectivity index (χ4n) is 6.67. The van der Waals surface area contributed by atoms with Crippen molar-refractivity contribution in [3.8, 4) is 5.75 Å². The van der Waals surface area contributed by atoms with Crippen LogP contribution in [0.4, 0.5) is 5.69 Å². The highest BCUT2D eigenvalue weighted by Gasteiger charge is 2.68. The van der Waals surface area contributed by atoms with E-state index in [4.69, 9.17) is 9.47 Å². The number of carbonyl (C=O) groups is 3. The molecule has 2 aromatic rings. The van der Waals surface area contributed by atoms with Gasteiger partial charge in [0.2, 0.25) is 0 Å². The largest absolute Gasteiger partial charge is 0.497 e. The summed E-state index contributed by atoms with van der Waals surface area (Å²) in [6.07, 6.45) is 2.83. The second-order valence-corrected chi connectivity index (χ2v) is 10.7. The van der Waals surface area contributed by atoms with E-state index in [1.807, 2.05) is 55.5 Å². The van der Waals surface area contributed by atoms with Crippen molar-refractivity contribution in [2.45, 2.75) is 57.7 Å². The van der Waals surface area contributed by atoms with Gasteiger partial charge in [0.15, 0.2) is 17.1 Å². The zero-order valence-electron chi connectivity index (χ0n) is 21.5. The third-order valence-electron chi connectivity index (χ3n) is 8.42. The van der Waals surface area contributed by atoms with Crippen LogP contribution in [0.1, 0.15) is 50.7 Å². The van der Waals surface area contributed by atoms with Crippen LogP contribution < -0.4 is 9.64 Å². The Bertz CT molecular complexity index is 1320. The Labute approximate surface area is 217 Å². The van der Waals surface area contributed by atoms with Crippen LogP contribution >= 0.6 is 0 Å². The van der Waals surface area contributed by atoms with Crippen molar-refractivity contribution in [3.63, 3.8) is 0 Å². The molecule has 1 saturated carbocycles. The van der Waals surface area contributed by atoms with Crippen molar-refractivity contribution in [2.75, 3.05) is 18.6 Å². The number of carbonyl (C=O) groups excluding carboxylic acids is 3. The number of hydrogen-bond donors (Lipinski definition) is 0. The summed E-state index contributed by atoms with van der Waals surface area (Å²) >= 11 is 0. The van der Waals surface area contributed by atoms with Crippen LogP contribution in [0.15, 0.2) is 59.9 Å². The molecule has 0 bridgehead atoms. The molecule has 2 amide bonds. The zero-order chi connectivity index (χ0) is 25.9. The number of hydrogen-bond acceptors (Lipinski definition) is 5. The molecule has 6 rings (SSSR count). The Morgan fingerprint density at radius 3 is 2.54 bits per heavy atom. The number of fused-ring (bicyclic) bond motifs is 4. The number of amides is 2. The number of ether oxygens (including phenoxy) is 2. The number of methoxy groups -OCH3 is 1. The van der Waals surface area contributed by atoms with Gasteiger partial charge in [0.05, 0.1) is 24.3 Å². The average Bonchev–Trinajstić information content (AvgIpc) is 3.30. The lowest BCUT2D eigenvalue weighted by Crippen LogP contribution is -2.54. The summed E-state index contributed by atoms with van der Waals surface area (Å²) in [5, 5.41) is 0. The molecule has 0 radical (unpaired) electrons. The molecular formula is C30H32N2O5. The van der Waals surface area contributed by atoms with Gasteiger partial charge in [0.25, 0.3) is 11.8 Å². The predicted octanol–water partition coefficient (Wildman–Crippen LogP) is 4.35. The lowest BCUT2D eigenvalue weighted by molar-refractivity contribution is -0.141. The number of anilines is 1. The minimum atomic E-state index is -1.53. The lowest BCUT2D eigenvalue weighted by atomic mass is 9.71. The Morgan fingerprint density at radius 2 is 1.81 bits per heavy atom. The van der Waals surface area contributed by atoms with E-state index in [1.54, 1.807) is 16.9 Å². The molecule has 4 atom stereocenters. The van der Waals surface area contributed by atoms with Gasteiger partial charge in [-0.3, -0.25) is 14.4 Å². The van der Waals surface area contributed by atoms with Gasteiger partial charge >= 0.3 is 0 Å². The number of nitrogens with zero attached hydrogens (tertiary/aromatic N) is 2. The van der Waals surface area contributed by atoms with E-state index in [0.29, 0.717) is 30.2 Å². The molecule has 7 heteroatoms. The number of para-hydroxylation sites is 1. The maximum absolute atomic E-state index is 14.5. The summed E-state index contributed by atoms with van der Waals surface area (Å²) in [4.78, 5) is 46.3. The number of ketones is 1. The highest BCUT2D eigenvalue weighted by Crippen LogP contribution is 2.57. The summed E-state index contributed by atoms with van der Waals surface area (Å²) < 4.78 is 11.7. The van der Waals surface area contributed by atoms with Gasteiger partial charge in [-0.05, 0) is 55.4 Å². The van der Waals surface area contributed by atoms with Crippen LogP contribution in [0.25, 0.3) is 0 Å². The molecule has 3 aliphatic heterocycles. The molecule has 3 heterocycles. The van der Waals surface area contributed by atoms with Crippen molar-refractivity contribution in [1.29, 1.82) is 0 Å². The molecule has 4 unspecified atom stereocenters. The molecule has 192 valence electrons. The molecule has 0 saturated heterocycles. The number of rotatable bonds is 5. The lowest BCUT2D eigenvalue weighted by Gasteiger charge is -2.40. The quantitative estimate of drug-likeness (QED) is 0.610. The Balaban J connectivity index is 1.55. The van der Waals surface area contributed by atoms with Crippen LogP contribution in [-0.2, 0) is 31.2 Å². The molecule has 7 nitrogen and oxygen atoms in total. The Hall–Kier alpha value is -3.61. The van der Waals surface area contributed by atoms with Gasteiger partial charge in [-0.25, -0.2) is 0 Å². The molecular weight excluding hydrogens is 468 g/mol. The van der Waals surface area contributed by atoms with Gasteiger partial charge in [-0.2, -0.15) is 0 Å². The topological polar surface area (TPSA) is 76.2 Å². The molecule has 37 heavy (non-hydrogen) atoms. The summed E-state index contributed by atoms with van der Waals surface area (Å²) in [6.45, 7) is 4.84. The molecule has 1 fully saturated rings. The fourth-order valence-corrected chi connectivity index (χ4v) is 6.67. The molecule has 0 aromatic heterocycles. The van der Waals surface area contributed by atoms with Crippen molar-refractivity contribution in [1.82, 2.24) is 4.90 Å². The van der Waals surface area contributed by atoms with Gasteiger partial charge < -0.3 is 19.3 Å². The highest BCUT2D eigenvalue weighted by atomic mass is 16.5. The minimum Gasteiger partial charge on any atom is -0.497 e. The summed E-state index contributed by atoms with van der Waals surface area (Å²) in [6, 6.07) is 15.0. The monoisotopic (exact) mass is 500 g/mol. The van der Waals surface area contributed by atoms with Crippen molar-refractivity contribution < 1.29 is 23.9 Å². The SMILES string of the molecule is CCCN1C(=O)C2(C3=C(OC4CCC(C)CC4C3=O)C(=O)N2Cc2ccc(OC)cc2)c2ccccc21. The molecule has 4 aliphatic rings. The molecule has 1 spiro atoms. The minimum absolute atomic E-state index is 0.0656. The first kappa shape index (κ1) is 23.8. The van der Waals surface area contributed by atoms with E-state index in [2.05, 4.69) is 6.92 Å². The third-order valence-corrected chi connectivity index (χ3v) is 8.42. The maximum atomic E-state index is 14.5. The summed E-state index contributed by atoms with van der Waals surface area (Å²) in [5.41, 5.74) is 0.978. The van der Waals surface area contributed by atoms with Crippen molar-refractivity contribution >= 4 is 23.3 Å². The van der Waals surface area contributed by atoms with Gasteiger partial charge in [0, 0.05) is 18.7 Å². The summed E-state index contributed by atoms with van der Waals surface area (Å²) in [5.74, 6) is 0.0766. The second-order valence-electron chi connectivity index (χ2n) is 10.7. The van der Waals surface area contributed by atoms with Gasteiger partial charge in [-0.15, -0.1) is 0 Å². The van der Waals surface area contributed by atoms with Crippen LogP contribution in [0.2, 0.25) is 0 Å². The molecule has 1 aliphatic carbocycles. The van der Waals surface area contributed by atoms with Crippen LogP contribution in [0.3, 0.4) is 0 Å². The first-order valence-corrected chi connectivity index (χ1v) is 13.2. The number of Topliss-reactive ketones (excluding diaryl/α,β-unsaturated/α-hetero) is 1.